The van der Waals surface area contributed by atoms with E-state index in [1.165, 1.54) is 0 Å². The second-order valence-electron chi connectivity index (χ2n) is 2.99. The lowest BCUT2D eigenvalue weighted by Gasteiger charge is -2.25. The number of Topliss-reactive ketones (excluding diaryl/α,β-unsaturated/α-hetero) is 1. The first-order valence-corrected chi connectivity index (χ1v) is 4.48. The van der Waals surface area contributed by atoms with E-state index < -0.39 is 0 Å². The van der Waals surface area contributed by atoms with Crippen molar-refractivity contribution in [2.75, 3.05) is 19.7 Å². The number of hydrogen-bond donors (Lipinski definition) is 1. The maximum absolute atomic E-state index is 11.0. The van der Waals surface area contributed by atoms with E-state index in [0.29, 0.717) is 0 Å². The zero-order chi connectivity index (χ0) is 9.56. The summed E-state index contributed by atoms with van der Waals surface area (Å²) >= 11 is 0. The van der Waals surface area contributed by atoms with Crippen molar-refractivity contribution >= 4 is 5.78 Å². The van der Waals surface area contributed by atoms with Gasteiger partial charge in [0.05, 0.1) is 6.04 Å². The van der Waals surface area contributed by atoms with Crippen LogP contribution in [0.25, 0.3) is 0 Å². The highest BCUT2D eigenvalue weighted by Gasteiger charge is 2.14. The molecule has 0 aromatic heterocycles. The molecule has 1 N–H and O–H groups in total. The van der Waals surface area contributed by atoms with Gasteiger partial charge >= 0.3 is 0 Å². The summed E-state index contributed by atoms with van der Waals surface area (Å²) in [5.74, 6) is 0.190. The van der Waals surface area contributed by atoms with Gasteiger partial charge in [-0.2, -0.15) is 0 Å². The van der Waals surface area contributed by atoms with Crippen molar-refractivity contribution in [2.24, 2.45) is 0 Å². The normalized spacial score (nSPS) is 13.4. The molecule has 0 amide bonds. The van der Waals surface area contributed by atoms with Crippen LogP contribution in [0.2, 0.25) is 0 Å². The molecule has 0 rings (SSSR count). The number of carbonyl (C=O) groups is 1. The molecule has 0 aliphatic carbocycles. The molecule has 72 valence electrons. The van der Waals surface area contributed by atoms with Crippen LogP contribution in [-0.4, -0.2) is 41.5 Å². The highest BCUT2D eigenvalue weighted by Crippen LogP contribution is 2.00. The van der Waals surface area contributed by atoms with E-state index in [0.717, 1.165) is 19.5 Å². The molecule has 0 spiro atoms. The van der Waals surface area contributed by atoms with Gasteiger partial charge in [0.25, 0.3) is 0 Å². The fourth-order valence-electron chi connectivity index (χ4n) is 1.16. The Kier molecular flexibility index (Phi) is 5.93. The molecule has 0 radical (unpaired) electrons. The minimum atomic E-state index is -0.0125. The zero-order valence-electron chi connectivity index (χ0n) is 8.21. The van der Waals surface area contributed by atoms with Gasteiger partial charge in [-0.05, 0) is 26.8 Å². The minimum Gasteiger partial charge on any atom is -0.396 e. The van der Waals surface area contributed by atoms with Crippen LogP contribution in [0, 0.1) is 0 Å². The zero-order valence-corrected chi connectivity index (χ0v) is 8.21. The van der Waals surface area contributed by atoms with Crippen LogP contribution < -0.4 is 0 Å². The number of carbonyl (C=O) groups excluding carboxylic acids is 1. The van der Waals surface area contributed by atoms with Gasteiger partial charge in [0, 0.05) is 13.2 Å². The molecule has 3 heteroatoms. The number of nitrogens with zero attached hydrogens (tertiary/aromatic N) is 1. The van der Waals surface area contributed by atoms with E-state index in [4.69, 9.17) is 5.11 Å². The molecule has 0 aromatic carbocycles. The molecule has 3 nitrogen and oxygen atoms in total. The van der Waals surface area contributed by atoms with Gasteiger partial charge in [-0.25, -0.2) is 0 Å². The Bertz CT molecular complexity index is 136. The first-order chi connectivity index (χ1) is 5.63. The molecule has 0 heterocycles. The first-order valence-electron chi connectivity index (χ1n) is 4.48. The SMILES string of the molecule is CCN(CCCO)C(C)C(C)=O. The standard InChI is InChI=1S/C9H19NO2/c1-4-10(6-5-7-11)8(2)9(3)12/h8,11H,4-7H2,1-3H3. The van der Waals surface area contributed by atoms with Gasteiger partial charge in [0.2, 0.25) is 0 Å². The van der Waals surface area contributed by atoms with Gasteiger partial charge in [0.1, 0.15) is 5.78 Å². The lowest BCUT2D eigenvalue weighted by Crippen LogP contribution is -2.38. The van der Waals surface area contributed by atoms with Crippen molar-refractivity contribution in [1.82, 2.24) is 4.90 Å². The number of aliphatic hydroxyl groups excluding tert-OH is 1. The van der Waals surface area contributed by atoms with E-state index in [9.17, 15) is 4.79 Å². The maximum Gasteiger partial charge on any atom is 0.146 e. The van der Waals surface area contributed by atoms with Crippen molar-refractivity contribution < 1.29 is 9.90 Å². The lowest BCUT2D eigenvalue weighted by molar-refractivity contribution is -0.121. The maximum atomic E-state index is 11.0. The van der Waals surface area contributed by atoms with Crippen molar-refractivity contribution in [2.45, 2.75) is 33.2 Å². The molecule has 0 saturated carbocycles. The van der Waals surface area contributed by atoms with Crippen molar-refractivity contribution in [3.8, 4) is 0 Å². The summed E-state index contributed by atoms with van der Waals surface area (Å²) in [4.78, 5) is 13.1. The summed E-state index contributed by atoms with van der Waals surface area (Å²) in [6, 6.07) is -0.0125. The van der Waals surface area contributed by atoms with Crippen LogP contribution in [-0.2, 0) is 4.79 Å². The molecule has 0 aliphatic rings. The fourth-order valence-corrected chi connectivity index (χ4v) is 1.16. The molecule has 0 bridgehead atoms. The third-order valence-corrected chi connectivity index (χ3v) is 2.15. The van der Waals surface area contributed by atoms with Crippen LogP contribution in [0.3, 0.4) is 0 Å². The smallest absolute Gasteiger partial charge is 0.146 e. The Balaban J connectivity index is 3.87. The topological polar surface area (TPSA) is 40.5 Å². The van der Waals surface area contributed by atoms with Gasteiger partial charge in [0.15, 0.2) is 0 Å². The second-order valence-corrected chi connectivity index (χ2v) is 2.99. The quantitative estimate of drug-likeness (QED) is 0.641. The molecule has 0 saturated heterocycles. The Morgan fingerprint density at radius 3 is 2.50 bits per heavy atom. The molecule has 1 unspecified atom stereocenters. The van der Waals surface area contributed by atoms with Crippen LogP contribution in [0.4, 0.5) is 0 Å². The largest absolute Gasteiger partial charge is 0.396 e. The average Bonchev–Trinajstić information content (AvgIpc) is 2.05. The Labute approximate surface area is 74.4 Å². The highest BCUT2D eigenvalue weighted by molar-refractivity contribution is 5.80. The molecule has 12 heavy (non-hydrogen) atoms. The van der Waals surface area contributed by atoms with Crippen molar-refractivity contribution in [3.05, 3.63) is 0 Å². The van der Waals surface area contributed by atoms with E-state index in [-0.39, 0.29) is 18.4 Å². The molecule has 0 fully saturated rings. The predicted molar refractivity (Wildman–Crippen MR) is 49.1 cm³/mol. The summed E-state index contributed by atoms with van der Waals surface area (Å²) in [5.41, 5.74) is 0. The van der Waals surface area contributed by atoms with E-state index in [1.807, 2.05) is 13.8 Å². The van der Waals surface area contributed by atoms with E-state index >= 15 is 0 Å². The fraction of sp³-hybridized carbons (Fsp3) is 0.889. The number of hydrogen-bond acceptors (Lipinski definition) is 3. The Hall–Kier alpha value is -0.410. The van der Waals surface area contributed by atoms with Crippen LogP contribution >= 0.6 is 0 Å². The molecule has 0 aromatic rings. The van der Waals surface area contributed by atoms with Crippen molar-refractivity contribution in [3.63, 3.8) is 0 Å². The van der Waals surface area contributed by atoms with E-state index in [1.54, 1.807) is 6.92 Å². The number of ketones is 1. The van der Waals surface area contributed by atoms with E-state index in [2.05, 4.69) is 4.90 Å². The van der Waals surface area contributed by atoms with Crippen LogP contribution in [0.1, 0.15) is 27.2 Å². The predicted octanol–water partition coefficient (Wildman–Crippen LogP) is 0.668. The third kappa shape index (κ3) is 3.83. The number of likely N-dealkylation sites (N-methyl/N-ethyl adjacent to an activating group) is 1. The third-order valence-electron chi connectivity index (χ3n) is 2.15. The molecule has 0 aliphatic heterocycles. The number of rotatable bonds is 6. The van der Waals surface area contributed by atoms with Crippen LogP contribution in [0.5, 0.6) is 0 Å². The summed E-state index contributed by atoms with van der Waals surface area (Å²) in [6.07, 6.45) is 0.742. The summed E-state index contributed by atoms with van der Waals surface area (Å²) in [6.45, 7) is 7.39. The van der Waals surface area contributed by atoms with Gasteiger partial charge in [-0.15, -0.1) is 0 Å². The van der Waals surface area contributed by atoms with Crippen molar-refractivity contribution in [1.29, 1.82) is 0 Å². The molecule has 1 atom stereocenters. The highest BCUT2D eigenvalue weighted by atomic mass is 16.3. The first kappa shape index (κ1) is 11.6. The second kappa shape index (κ2) is 6.14. The summed E-state index contributed by atoms with van der Waals surface area (Å²) in [7, 11) is 0. The van der Waals surface area contributed by atoms with Crippen LogP contribution in [0.15, 0.2) is 0 Å². The van der Waals surface area contributed by atoms with Gasteiger partial charge < -0.3 is 5.11 Å². The molecular formula is C9H19NO2. The Morgan fingerprint density at radius 1 is 1.58 bits per heavy atom. The summed E-state index contributed by atoms with van der Waals surface area (Å²) < 4.78 is 0. The average molecular weight is 173 g/mol. The lowest BCUT2D eigenvalue weighted by atomic mass is 10.2. The Morgan fingerprint density at radius 2 is 2.17 bits per heavy atom. The summed E-state index contributed by atoms with van der Waals surface area (Å²) in [5, 5.41) is 8.62. The van der Waals surface area contributed by atoms with Gasteiger partial charge in [-0.3, -0.25) is 9.69 Å². The minimum absolute atomic E-state index is 0.0125. The number of aliphatic hydroxyl groups is 1. The molecular weight excluding hydrogens is 154 g/mol. The van der Waals surface area contributed by atoms with Gasteiger partial charge in [-0.1, -0.05) is 6.92 Å². The monoisotopic (exact) mass is 173 g/mol.